The normalized spacial score (nSPS) is 10.3. The van der Waals surface area contributed by atoms with Gasteiger partial charge in [0.25, 0.3) is 5.91 Å². The quantitative estimate of drug-likeness (QED) is 0.914. The lowest BCUT2D eigenvalue weighted by Gasteiger charge is -2.07. The number of benzene rings is 1. The van der Waals surface area contributed by atoms with Crippen molar-refractivity contribution in [3.63, 3.8) is 0 Å². The number of rotatable bonds is 2. The van der Waals surface area contributed by atoms with E-state index in [1.165, 1.54) is 6.20 Å². The zero-order valence-electron chi connectivity index (χ0n) is 9.88. The summed E-state index contributed by atoms with van der Waals surface area (Å²) in [7, 11) is 0. The molecule has 0 unspecified atom stereocenters. The van der Waals surface area contributed by atoms with Gasteiger partial charge in [0.1, 0.15) is 17.5 Å². The second-order valence-electron chi connectivity index (χ2n) is 3.90. The van der Waals surface area contributed by atoms with Crippen molar-refractivity contribution in [3.8, 4) is 0 Å². The molecule has 0 fully saturated rings. The van der Waals surface area contributed by atoms with Crippen molar-refractivity contribution in [3.05, 3.63) is 57.7 Å². The number of hydrogen-bond donors (Lipinski definition) is 1. The highest BCUT2D eigenvalue weighted by atomic mass is 79.9. The molecule has 19 heavy (non-hydrogen) atoms. The number of halogens is 3. The average molecular weight is 327 g/mol. The molecule has 0 spiro atoms. The fourth-order valence-electron chi connectivity index (χ4n) is 1.46. The van der Waals surface area contributed by atoms with Gasteiger partial charge in [0.05, 0.1) is 5.56 Å². The lowest BCUT2D eigenvalue weighted by molar-refractivity contribution is 0.102. The first-order valence-corrected chi connectivity index (χ1v) is 6.15. The highest BCUT2D eigenvalue weighted by molar-refractivity contribution is 9.10. The van der Waals surface area contributed by atoms with E-state index < -0.39 is 17.5 Å². The summed E-state index contributed by atoms with van der Waals surface area (Å²) < 4.78 is 27.2. The van der Waals surface area contributed by atoms with Gasteiger partial charge in [-0.3, -0.25) is 4.79 Å². The number of aryl methyl sites for hydroxylation is 1. The Bertz CT molecular complexity index is 647. The number of aromatic nitrogens is 1. The molecular weight excluding hydrogens is 318 g/mol. The summed E-state index contributed by atoms with van der Waals surface area (Å²) in [6.45, 7) is 1.82. The molecule has 2 aromatic rings. The van der Waals surface area contributed by atoms with Crippen LogP contribution >= 0.6 is 15.9 Å². The number of pyridine rings is 1. The number of carbonyl (C=O) groups excluding carboxylic acids is 1. The maximum Gasteiger partial charge on any atom is 0.259 e. The van der Waals surface area contributed by atoms with Crippen molar-refractivity contribution in [2.45, 2.75) is 6.92 Å². The SMILES string of the molecule is Cc1cc(NC(=O)c2cc(F)ccc2F)ncc1Br. The van der Waals surface area contributed by atoms with Gasteiger partial charge in [-0.1, -0.05) is 0 Å². The van der Waals surface area contributed by atoms with E-state index in [9.17, 15) is 13.6 Å². The van der Waals surface area contributed by atoms with Crippen LogP contribution in [-0.2, 0) is 0 Å². The van der Waals surface area contributed by atoms with Crippen LogP contribution in [0.4, 0.5) is 14.6 Å². The molecule has 98 valence electrons. The van der Waals surface area contributed by atoms with Gasteiger partial charge in [0, 0.05) is 10.7 Å². The van der Waals surface area contributed by atoms with Crippen LogP contribution in [0.3, 0.4) is 0 Å². The lowest BCUT2D eigenvalue weighted by atomic mass is 10.2. The monoisotopic (exact) mass is 326 g/mol. The van der Waals surface area contributed by atoms with E-state index >= 15 is 0 Å². The first kappa shape index (κ1) is 13.6. The van der Waals surface area contributed by atoms with Crippen LogP contribution < -0.4 is 5.32 Å². The molecule has 1 N–H and O–H groups in total. The fourth-order valence-corrected chi connectivity index (χ4v) is 1.68. The minimum atomic E-state index is -0.785. The van der Waals surface area contributed by atoms with Gasteiger partial charge in [-0.15, -0.1) is 0 Å². The summed E-state index contributed by atoms with van der Waals surface area (Å²) in [4.78, 5) is 15.8. The number of carbonyl (C=O) groups is 1. The molecule has 3 nitrogen and oxygen atoms in total. The lowest BCUT2D eigenvalue weighted by Crippen LogP contribution is -2.15. The average Bonchev–Trinajstić information content (AvgIpc) is 2.36. The zero-order valence-corrected chi connectivity index (χ0v) is 11.5. The minimum absolute atomic E-state index is 0.273. The Kier molecular flexibility index (Phi) is 3.90. The van der Waals surface area contributed by atoms with Crippen LogP contribution in [0, 0.1) is 18.6 Å². The van der Waals surface area contributed by atoms with Crippen molar-refractivity contribution >= 4 is 27.7 Å². The zero-order chi connectivity index (χ0) is 14.0. The van der Waals surface area contributed by atoms with Crippen LogP contribution in [0.5, 0.6) is 0 Å². The molecule has 2 rings (SSSR count). The summed E-state index contributed by atoms with van der Waals surface area (Å²) >= 11 is 3.28. The van der Waals surface area contributed by atoms with Crippen molar-refractivity contribution < 1.29 is 13.6 Å². The molecule has 0 bridgehead atoms. The maximum absolute atomic E-state index is 13.4. The van der Waals surface area contributed by atoms with E-state index in [1.807, 2.05) is 6.92 Å². The van der Waals surface area contributed by atoms with Crippen LogP contribution in [-0.4, -0.2) is 10.9 Å². The predicted octanol–water partition coefficient (Wildman–Crippen LogP) is 3.68. The van der Waals surface area contributed by atoms with Gasteiger partial charge in [-0.25, -0.2) is 13.8 Å². The number of amides is 1. The number of nitrogens with zero attached hydrogens (tertiary/aromatic N) is 1. The molecule has 0 saturated heterocycles. The molecule has 6 heteroatoms. The Morgan fingerprint density at radius 1 is 1.32 bits per heavy atom. The summed E-state index contributed by atoms with van der Waals surface area (Å²) in [5, 5.41) is 2.42. The van der Waals surface area contributed by atoms with E-state index in [1.54, 1.807) is 6.07 Å². The molecule has 0 aliphatic carbocycles. The summed E-state index contributed by atoms with van der Waals surface area (Å²) in [6.07, 6.45) is 1.52. The summed E-state index contributed by atoms with van der Waals surface area (Å²) in [5.41, 5.74) is 0.507. The molecule has 0 aliphatic rings. The first-order valence-electron chi connectivity index (χ1n) is 5.36. The predicted molar refractivity (Wildman–Crippen MR) is 71.0 cm³/mol. The van der Waals surface area contributed by atoms with Crippen molar-refractivity contribution in [1.82, 2.24) is 4.98 Å². The van der Waals surface area contributed by atoms with Gasteiger partial charge >= 0.3 is 0 Å². The minimum Gasteiger partial charge on any atom is -0.306 e. The maximum atomic E-state index is 13.4. The smallest absolute Gasteiger partial charge is 0.259 e. The van der Waals surface area contributed by atoms with Gasteiger partial charge in [0.2, 0.25) is 0 Å². The Morgan fingerprint density at radius 3 is 2.74 bits per heavy atom. The standard InChI is InChI=1S/C13H9BrF2N2O/c1-7-4-12(17-6-10(7)14)18-13(19)9-5-8(15)2-3-11(9)16/h2-6H,1H3,(H,17,18,19). The molecule has 1 heterocycles. The van der Waals surface area contributed by atoms with Crippen LogP contribution in [0.2, 0.25) is 0 Å². The van der Waals surface area contributed by atoms with Crippen molar-refractivity contribution in [2.24, 2.45) is 0 Å². The van der Waals surface area contributed by atoms with Crippen molar-refractivity contribution in [1.29, 1.82) is 0 Å². The van der Waals surface area contributed by atoms with E-state index in [4.69, 9.17) is 0 Å². The first-order chi connectivity index (χ1) is 8.97. The molecule has 0 atom stereocenters. The van der Waals surface area contributed by atoms with Crippen LogP contribution in [0.15, 0.2) is 34.9 Å². The highest BCUT2D eigenvalue weighted by Gasteiger charge is 2.13. The third-order valence-electron chi connectivity index (χ3n) is 2.46. The highest BCUT2D eigenvalue weighted by Crippen LogP contribution is 2.18. The molecule has 0 radical (unpaired) electrons. The Balaban J connectivity index is 2.25. The van der Waals surface area contributed by atoms with E-state index in [2.05, 4.69) is 26.2 Å². The number of nitrogens with one attached hydrogen (secondary N) is 1. The van der Waals surface area contributed by atoms with Gasteiger partial charge in [-0.2, -0.15) is 0 Å². The summed E-state index contributed by atoms with van der Waals surface area (Å²) in [5.74, 6) is -1.93. The van der Waals surface area contributed by atoms with Crippen LogP contribution in [0.1, 0.15) is 15.9 Å². The van der Waals surface area contributed by atoms with Gasteiger partial charge < -0.3 is 5.32 Å². The van der Waals surface area contributed by atoms with Crippen LogP contribution in [0.25, 0.3) is 0 Å². The number of anilines is 1. The molecule has 1 amide bonds. The third kappa shape index (κ3) is 3.14. The second-order valence-corrected chi connectivity index (χ2v) is 4.75. The van der Waals surface area contributed by atoms with E-state index in [-0.39, 0.29) is 11.4 Å². The Hall–Kier alpha value is -1.82. The molecule has 1 aromatic heterocycles. The fraction of sp³-hybridized carbons (Fsp3) is 0.0769. The molecular formula is C13H9BrF2N2O. The van der Waals surface area contributed by atoms with Crippen molar-refractivity contribution in [2.75, 3.05) is 5.32 Å². The molecule has 0 aliphatic heterocycles. The molecule has 1 aromatic carbocycles. The largest absolute Gasteiger partial charge is 0.306 e. The summed E-state index contributed by atoms with van der Waals surface area (Å²) in [6, 6.07) is 4.33. The van der Waals surface area contributed by atoms with Gasteiger partial charge in [-0.05, 0) is 52.7 Å². The molecule has 0 saturated carbocycles. The van der Waals surface area contributed by atoms with Gasteiger partial charge in [0.15, 0.2) is 0 Å². The second kappa shape index (κ2) is 5.44. The van der Waals surface area contributed by atoms with E-state index in [0.717, 1.165) is 28.2 Å². The number of hydrogen-bond acceptors (Lipinski definition) is 2. The Morgan fingerprint density at radius 2 is 2.05 bits per heavy atom. The Labute approximate surface area is 116 Å². The topological polar surface area (TPSA) is 42.0 Å². The van der Waals surface area contributed by atoms with E-state index in [0.29, 0.717) is 0 Å². The third-order valence-corrected chi connectivity index (χ3v) is 3.29.